The third kappa shape index (κ3) is 6.00. The minimum atomic E-state index is -1.31. The number of halogens is 3. The van der Waals surface area contributed by atoms with E-state index in [0.717, 1.165) is 35.8 Å². The molecular weight excluding hydrogens is 514 g/mol. The van der Waals surface area contributed by atoms with Gasteiger partial charge in [-0.05, 0) is 56.5 Å². The highest BCUT2D eigenvalue weighted by atomic mass is 79.9. The molecule has 8 heteroatoms. The predicted octanol–water partition coefficient (Wildman–Crippen LogP) is 8.04. The Kier molecular flexibility index (Phi) is 10.4. The lowest BCUT2D eigenvalue weighted by Gasteiger charge is -2.25. The van der Waals surface area contributed by atoms with Crippen molar-refractivity contribution in [2.45, 2.75) is 13.8 Å². The largest absolute Gasteiger partial charge is 0.478 e. The molecule has 2 N–H and O–H groups in total. The Morgan fingerprint density at radius 2 is 1.81 bits per heavy atom. The first-order chi connectivity index (χ1) is 15.5. The van der Waals surface area contributed by atoms with E-state index < -0.39 is 11.8 Å². The molecule has 32 heavy (non-hydrogen) atoms. The van der Waals surface area contributed by atoms with Crippen molar-refractivity contribution in [1.29, 1.82) is 0 Å². The molecule has 0 aromatic heterocycles. The Labute approximate surface area is 203 Å². The van der Waals surface area contributed by atoms with Gasteiger partial charge in [-0.3, -0.25) is 0 Å². The Hall–Kier alpha value is -2.14. The molecule has 0 radical (unpaired) electrons. The van der Waals surface area contributed by atoms with Gasteiger partial charge in [0.2, 0.25) is 0 Å². The Balaban J connectivity index is 0.000000860. The molecule has 1 unspecified atom stereocenters. The molecule has 0 amide bonds. The number of para-hydroxylation sites is 1. The van der Waals surface area contributed by atoms with E-state index in [1.54, 1.807) is 6.07 Å². The first-order valence-corrected chi connectivity index (χ1v) is 13.3. The molecule has 4 rings (SSSR count). The number of carbonyl (C=O) groups is 1. The maximum atomic E-state index is 13.8. The highest BCUT2D eigenvalue weighted by molar-refractivity contribution is 9.08. The van der Waals surface area contributed by atoms with Crippen LogP contribution in [0.4, 0.5) is 21.5 Å². The number of fused-ring (bicyclic) bond motifs is 1. The molecule has 0 saturated heterocycles. The van der Waals surface area contributed by atoms with Gasteiger partial charge < -0.3 is 15.1 Å². The van der Waals surface area contributed by atoms with E-state index in [1.165, 1.54) is 6.07 Å². The second-order valence-electron chi connectivity index (χ2n) is 6.39. The average molecular weight is 540 g/mol. The van der Waals surface area contributed by atoms with Crippen LogP contribution in [0.15, 0.2) is 60.7 Å². The molecule has 1 aliphatic heterocycles. The molecule has 0 aliphatic carbocycles. The van der Waals surface area contributed by atoms with Gasteiger partial charge in [0.25, 0.3) is 0 Å². The van der Waals surface area contributed by atoms with E-state index in [-0.39, 0.29) is 5.56 Å². The predicted molar refractivity (Wildman–Crippen MR) is 140 cm³/mol. The van der Waals surface area contributed by atoms with Crippen LogP contribution in [-0.4, -0.2) is 29.6 Å². The zero-order chi connectivity index (χ0) is 23.7. The molecule has 3 aromatic rings. The van der Waals surface area contributed by atoms with Crippen molar-refractivity contribution < 1.29 is 14.3 Å². The summed E-state index contributed by atoms with van der Waals surface area (Å²) in [4.78, 5) is 13.5. The summed E-state index contributed by atoms with van der Waals surface area (Å²) in [5.74, 6) is -0.260. The molecule has 1 atom stereocenters. The summed E-state index contributed by atoms with van der Waals surface area (Å²) in [5, 5.41) is 13.1. The highest BCUT2D eigenvalue weighted by Crippen LogP contribution is 2.43. The van der Waals surface area contributed by atoms with E-state index in [1.807, 2.05) is 50.0 Å². The molecule has 170 valence electrons. The van der Waals surface area contributed by atoms with Gasteiger partial charge in [0, 0.05) is 24.0 Å². The van der Waals surface area contributed by atoms with E-state index in [4.69, 9.17) is 11.6 Å². The third-order valence-corrected chi connectivity index (χ3v) is 5.87. The quantitative estimate of drug-likeness (QED) is 0.261. The lowest BCUT2D eigenvalue weighted by Crippen LogP contribution is -2.18. The Morgan fingerprint density at radius 1 is 1.12 bits per heavy atom. The number of nitrogens with one attached hydrogen (secondary N) is 1. The Bertz CT molecular complexity index is 1050. The number of anilines is 3. The van der Waals surface area contributed by atoms with Crippen LogP contribution < -0.4 is 9.99 Å². The van der Waals surface area contributed by atoms with Gasteiger partial charge in [-0.25, -0.2) is 9.18 Å². The number of hydrogen-bond donors (Lipinski definition) is 2. The van der Waals surface area contributed by atoms with Crippen LogP contribution in [0.1, 0.15) is 24.2 Å². The zero-order valence-electron chi connectivity index (χ0n) is 18.1. The van der Waals surface area contributed by atoms with E-state index in [9.17, 15) is 14.3 Å². The molecule has 0 bridgehead atoms. The summed E-state index contributed by atoms with van der Waals surface area (Å²) in [5.41, 5.74) is 3.81. The van der Waals surface area contributed by atoms with Crippen LogP contribution in [0.25, 0.3) is 11.1 Å². The van der Waals surface area contributed by atoms with E-state index >= 15 is 0 Å². The van der Waals surface area contributed by atoms with Crippen molar-refractivity contribution >= 4 is 59.3 Å². The summed E-state index contributed by atoms with van der Waals surface area (Å²) in [7, 11) is 0.546. The van der Waals surface area contributed by atoms with Crippen molar-refractivity contribution in [3.8, 4) is 11.1 Å². The fourth-order valence-electron chi connectivity index (χ4n) is 3.29. The first kappa shape index (κ1) is 26.1. The van der Waals surface area contributed by atoms with Crippen LogP contribution in [0, 0.1) is 5.82 Å². The molecule has 0 spiro atoms. The number of rotatable bonds is 3. The number of nitrogens with zero attached hydrogens (tertiary/aromatic N) is 1. The minimum Gasteiger partial charge on any atom is -0.478 e. The number of carboxylic acid groups (broad SMARTS) is 1. The highest BCUT2D eigenvalue weighted by Gasteiger charge is 2.20. The summed E-state index contributed by atoms with van der Waals surface area (Å²) >= 11 is 9.52. The molecule has 1 aliphatic rings. The second-order valence-corrected chi connectivity index (χ2v) is 7.90. The van der Waals surface area contributed by atoms with Gasteiger partial charge >= 0.3 is 5.97 Å². The van der Waals surface area contributed by atoms with Gasteiger partial charge in [-0.1, -0.05) is 65.6 Å². The number of aromatic carboxylic acids is 1. The molecule has 4 nitrogen and oxygen atoms in total. The van der Waals surface area contributed by atoms with E-state index in [0.29, 0.717) is 24.9 Å². The van der Waals surface area contributed by atoms with Gasteiger partial charge in [-0.15, -0.1) is 0 Å². The van der Waals surface area contributed by atoms with Crippen molar-refractivity contribution in [2.24, 2.45) is 0 Å². The smallest absolute Gasteiger partial charge is 0.338 e. The fourth-order valence-corrected chi connectivity index (χ4v) is 4.40. The molecular formula is C24H26BrClFN2O2P. The Morgan fingerprint density at radius 3 is 2.47 bits per heavy atom. The fraction of sp³-hybridized carbons (Fsp3) is 0.208. The summed E-state index contributed by atoms with van der Waals surface area (Å²) < 4.78 is 13.8. The number of alkyl halides is 1. The van der Waals surface area contributed by atoms with Crippen LogP contribution in [0.3, 0.4) is 0 Å². The van der Waals surface area contributed by atoms with Crippen LogP contribution >= 0.6 is 36.3 Å². The normalized spacial score (nSPS) is 12.9. The monoisotopic (exact) mass is 538 g/mol. The molecule has 3 aromatic carbocycles. The number of benzene rings is 3. The summed E-state index contributed by atoms with van der Waals surface area (Å²) in [6, 6.07) is 17.9. The topological polar surface area (TPSA) is 52.6 Å². The van der Waals surface area contributed by atoms with Crippen LogP contribution in [0.5, 0.6) is 0 Å². The average Bonchev–Trinajstić information content (AvgIpc) is 3.04. The van der Waals surface area contributed by atoms with Crippen molar-refractivity contribution in [2.75, 3.05) is 28.5 Å². The lowest BCUT2D eigenvalue weighted by atomic mass is 10.0. The van der Waals surface area contributed by atoms with Crippen molar-refractivity contribution in [3.05, 3.63) is 77.1 Å². The van der Waals surface area contributed by atoms with Gasteiger partial charge in [0.15, 0.2) is 0 Å². The summed E-state index contributed by atoms with van der Waals surface area (Å²) in [6.07, 6.45) is 0.982. The van der Waals surface area contributed by atoms with Gasteiger partial charge in [-0.2, -0.15) is 0 Å². The van der Waals surface area contributed by atoms with Crippen LogP contribution in [0.2, 0.25) is 5.02 Å². The first-order valence-electron chi connectivity index (χ1n) is 10.1. The molecule has 1 heterocycles. The third-order valence-electron chi connectivity index (χ3n) is 4.64. The molecule has 0 fully saturated rings. The van der Waals surface area contributed by atoms with E-state index in [2.05, 4.69) is 38.0 Å². The van der Waals surface area contributed by atoms with Crippen LogP contribution in [-0.2, 0) is 0 Å². The number of carboxylic acids is 1. The van der Waals surface area contributed by atoms with Gasteiger partial charge in [0.1, 0.15) is 5.82 Å². The SMILES string of the molecule is CBr.CC.O=C(O)c1cc(-c2cc3c(cc2Cl)N(c2ccccc2)CCPN3)ccc1F. The second kappa shape index (κ2) is 12.8. The zero-order valence-corrected chi connectivity index (χ0v) is 21.5. The maximum Gasteiger partial charge on any atom is 0.338 e. The van der Waals surface area contributed by atoms with Gasteiger partial charge in [0.05, 0.1) is 22.0 Å². The summed E-state index contributed by atoms with van der Waals surface area (Å²) in [6.45, 7) is 4.86. The van der Waals surface area contributed by atoms with Crippen molar-refractivity contribution in [3.63, 3.8) is 0 Å². The lowest BCUT2D eigenvalue weighted by molar-refractivity contribution is 0.0692. The minimum absolute atomic E-state index is 0.371. The standard InChI is InChI=1S/C21H17ClFN2O2P.C2H6.CH3Br/c22-17-12-20-19(24-28-9-8-25(20)14-4-2-1-3-5-14)11-15(17)13-6-7-18(23)16(10-13)21(26)27;2*1-2/h1-7,10-12,24,28H,8-9H2,(H,26,27);1-2H3;1H3. The maximum absolute atomic E-state index is 13.8. The molecule has 0 saturated carbocycles. The van der Waals surface area contributed by atoms with Crippen molar-refractivity contribution in [1.82, 2.24) is 0 Å². The number of hydrogen-bond acceptors (Lipinski definition) is 3.